The molecule has 0 aliphatic carbocycles. The second-order valence-corrected chi connectivity index (χ2v) is 9.07. The van der Waals surface area contributed by atoms with Gasteiger partial charge in [0.05, 0.1) is 17.0 Å². The molecule has 2 aromatic rings. The molecule has 0 radical (unpaired) electrons. The van der Waals surface area contributed by atoms with Crippen LogP contribution in [0.1, 0.15) is 15.9 Å². The summed E-state index contributed by atoms with van der Waals surface area (Å²) in [7, 11) is -2.54. The molecule has 1 aliphatic heterocycles. The summed E-state index contributed by atoms with van der Waals surface area (Å²) in [5.74, 6) is -1.46. The van der Waals surface area contributed by atoms with E-state index in [1.54, 1.807) is 0 Å². The summed E-state index contributed by atoms with van der Waals surface area (Å²) in [5.41, 5.74) is 0.723. The van der Waals surface area contributed by atoms with E-state index in [2.05, 4.69) is 10.0 Å². The minimum atomic E-state index is -3.79. The summed E-state index contributed by atoms with van der Waals surface area (Å²) >= 11 is 0. The van der Waals surface area contributed by atoms with E-state index in [0.29, 0.717) is 32.7 Å². The first-order valence-corrected chi connectivity index (χ1v) is 11.3. The van der Waals surface area contributed by atoms with Gasteiger partial charge in [0.1, 0.15) is 5.82 Å². The highest BCUT2D eigenvalue weighted by Crippen LogP contribution is 2.18. The van der Waals surface area contributed by atoms with Gasteiger partial charge in [0, 0.05) is 32.7 Å². The maximum Gasteiger partial charge on any atom is 0.256 e. The quantitative estimate of drug-likeness (QED) is 0.653. The number of nitrogens with zero attached hydrogens (tertiary/aromatic N) is 2. The molecule has 0 saturated carbocycles. The summed E-state index contributed by atoms with van der Waals surface area (Å²) in [5, 5.41) is 2.87. The molecule has 0 aromatic heterocycles. The smallest absolute Gasteiger partial charge is 0.256 e. The van der Waals surface area contributed by atoms with E-state index in [0.717, 1.165) is 23.8 Å². The van der Waals surface area contributed by atoms with Crippen LogP contribution in [-0.4, -0.2) is 69.8 Å². The fourth-order valence-corrected chi connectivity index (χ4v) is 4.04. The van der Waals surface area contributed by atoms with Gasteiger partial charge in [-0.05, 0) is 30.8 Å². The zero-order valence-electron chi connectivity index (χ0n) is 17.2. The van der Waals surface area contributed by atoms with Crippen molar-refractivity contribution in [2.75, 3.05) is 39.8 Å². The van der Waals surface area contributed by atoms with E-state index in [1.165, 1.54) is 11.9 Å². The van der Waals surface area contributed by atoms with Gasteiger partial charge in [0.2, 0.25) is 15.9 Å². The van der Waals surface area contributed by atoms with Gasteiger partial charge in [-0.15, -0.1) is 0 Å². The Morgan fingerprint density at radius 1 is 1.03 bits per heavy atom. The van der Waals surface area contributed by atoms with E-state index in [-0.39, 0.29) is 22.9 Å². The van der Waals surface area contributed by atoms with E-state index in [4.69, 9.17) is 0 Å². The summed E-state index contributed by atoms with van der Waals surface area (Å²) in [4.78, 5) is 28.1. The third-order valence-corrected chi connectivity index (χ3v) is 6.52. The molecule has 0 atom stereocenters. The number of rotatable bonds is 7. The molecule has 10 heteroatoms. The molecule has 31 heavy (non-hydrogen) atoms. The van der Waals surface area contributed by atoms with Gasteiger partial charge in [-0.25, -0.2) is 17.5 Å². The minimum Gasteiger partial charge on any atom is -0.351 e. The molecule has 2 amide bonds. The first-order valence-electron chi connectivity index (χ1n) is 9.85. The number of nitrogens with one attached hydrogen (secondary N) is 2. The summed E-state index contributed by atoms with van der Waals surface area (Å²) in [6.07, 6.45) is 0. The Morgan fingerprint density at radius 2 is 1.71 bits per heavy atom. The van der Waals surface area contributed by atoms with Crippen LogP contribution in [0, 0.1) is 5.82 Å². The Kier molecular flexibility index (Phi) is 7.37. The Balaban J connectivity index is 1.54. The number of piperazine rings is 1. The van der Waals surface area contributed by atoms with Crippen molar-refractivity contribution in [2.24, 2.45) is 0 Å². The number of hydrogen-bond donors (Lipinski definition) is 2. The van der Waals surface area contributed by atoms with Gasteiger partial charge in [0.15, 0.2) is 0 Å². The Morgan fingerprint density at radius 3 is 2.35 bits per heavy atom. The van der Waals surface area contributed by atoms with E-state index < -0.39 is 21.7 Å². The number of sulfonamides is 1. The van der Waals surface area contributed by atoms with Gasteiger partial charge >= 0.3 is 0 Å². The van der Waals surface area contributed by atoms with Crippen LogP contribution in [0.2, 0.25) is 0 Å². The zero-order chi connectivity index (χ0) is 22.4. The van der Waals surface area contributed by atoms with Crippen LogP contribution in [0.15, 0.2) is 53.4 Å². The molecular weight excluding hydrogens is 423 g/mol. The first-order chi connectivity index (χ1) is 14.8. The Hall–Kier alpha value is -2.82. The molecule has 0 bridgehead atoms. The van der Waals surface area contributed by atoms with Gasteiger partial charge in [-0.1, -0.05) is 30.3 Å². The average molecular weight is 449 g/mol. The molecule has 2 N–H and O–H groups in total. The predicted molar refractivity (Wildman–Crippen MR) is 113 cm³/mol. The van der Waals surface area contributed by atoms with Crippen molar-refractivity contribution in [1.82, 2.24) is 19.8 Å². The van der Waals surface area contributed by atoms with E-state index in [9.17, 15) is 22.4 Å². The normalized spacial score (nSPS) is 15.0. The molecule has 1 fully saturated rings. The molecule has 1 saturated heterocycles. The van der Waals surface area contributed by atoms with Crippen LogP contribution in [0.25, 0.3) is 0 Å². The van der Waals surface area contributed by atoms with Crippen LogP contribution in [0.3, 0.4) is 0 Å². The zero-order valence-corrected chi connectivity index (χ0v) is 18.0. The van der Waals surface area contributed by atoms with Crippen molar-refractivity contribution in [2.45, 2.75) is 11.4 Å². The maximum absolute atomic E-state index is 14.2. The lowest BCUT2D eigenvalue weighted by Crippen LogP contribution is -2.51. The highest BCUT2D eigenvalue weighted by Gasteiger charge is 2.26. The lowest BCUT2D eigenvalue weighted by Gasteiger charge is -2.34. The van der Waals surface area contributed by atoms with Gasteiger partial charge < -0.3 is 10.2 Å². The highest BCUT2D eigenvalue weighted by atomic mass is 32.2. The first kappa shape index (κ1) is 22.9. The molecule has 2 aromatic carbocycles. The Labute approximate surface area is 181 Å². The third-order valence-electron chi connectivity index (χ3n) is 5.11. The molecule has 1 heterocycles. The lowest BCUT2D eigenvalue weighted by atomic mass is 10.1. The van der Waals surface area contributed by atoms with Crippen LogP contribution in [-0.2, 0) is 21.4 Å². The van der Waals surface area contributed by atoms with E-state index >= 15 is 0 Å². The SMILES string of the molecule is CNS(=O)(=O)c1ccc(F)c(C(=O)N2CCN(CC(=O)NCc3ccccc3)CC2)c1. The number of carbonyl (C=O) groups is 2. The second-order valence-electron chi connectivity index (χ2n) is 7.18. The van der Waals surface area contributed by atoms with Crippen molar-refractivity contribution in [1.29, 1.82) is 0 Å². The maximum atomic E-state index is 14.2. The fourth-order valence-electron chi connectivity index (χ4n) is 3.29. The molecule has 0 spiro atoms. The van der Waals surface area contributed by atoms with E-state index in [1.807, 2.05) is 35.2 Å². The van der Waals surface area contributed by atoms with Crippen molar-refractivity contribution in [3.63, 3.8) is 0 Å². The van der Waals surface area contributed by atoms with Gasteiger partial charge in [-0.3, -0.25) is 14.5 Å². The largest absolute Gasteiger partial charge is 0.351 e. The number of hydrogen-bond acceptors (Lipinski definition) is 5. The molecular formula is C21H25FN4O4S. The van der Waals surface area contributed by atoms with Crippen LogP contribution in [0.5, 0.6) is 0 Å². The highest BCUT2D eigenvalue weighted by molar-refractivity contribution is 7.89. The minimum absolute atomic E-state index is 0.111. The summed E-state index contributed by atoms with van der Waals surface area (Å²) < 4.78 is 40.3. The molecule has 0 unspecified atom stereocenters. The van der Waals surface area contributed by atoms with Gasteiger partial charge in [-0.2, -0.15) is 0 Å². The predicted octanol–water partition coefficient (Wildman–Crippen LogP) is 0.808. The van der Waals surface area contributed by atoms with Crippen molar-refractivity contribution in [3.05, 3.63) is 65.5 Å². The van der Waals surface area contributed by atoms with Crippen molar-refractivity contribution >= 4 is 21.8 Å². The summed E-state index contributed by atoms with van der Waals surface area (Å²) in [6.45, 7) is 2.20. The van der Waals surface area contributed by atoms with Crippen LogP contribution < -0.4 is 10.0 Å². The third kappa shape index (κ3) is 5.87. The molecule has 1 aliphatic rings. The summed E-state index contributed by atoms with van der Waals surface area (Å²) in [6, 6.07) is 12.7. The topological polar surface area (TPSA) is 98.8 Å². The van der Waals surface area contributed by atoms with Crippen LogP contribution in [0.4, 0.5) is 4.39 Å². The van der Waals surface area contributed by atoms with Crippen molar-refractivity contribution in [3.8, 4) is 0 Å². The number of benzene rings is 2. The standard InChI is InChI=1S/C21H25FN4O4S/c1-23-31(29,30)17-7-8-19(22)18(13-17)21(28)26-11-9-25(10-12-26)15-20(27)24-14-16-5-3-2-4-6-16/h2-8,13,23H,9-12,14-15H2,1H3,(H,24,27). The Bertz CT molecular complexity index is 1040. The lowest BCUT2D eigenvalue weighted by molar-refractivity contribution is -0.122. The van der Waals surface area contributed by atoms with Crippen molar-refractivity contribution < 1.29 is 22.4 Å². The second kappa shape index (κ2) is 9.99. The average Bonchev–Trinajstić information content (AvgIpc) is 2.78. The molecule has 8 nitrogen and oxygen atoms in total. The number of amides is 2. The van der Waals surface area contributed by atoms with Crippen LogP contribution >= 0.6 is 0 Å². The fraction of sp³-hybridized carbons (Fsp3) is 0.333. The van der Waals surface area contributed by atoms with Gasteiger partial charge in [0.25, 0.3) is 5.91 Å². The number of carbonyl (C=O) groups excluding carboxylic acids is 2. The molecule has 3 rings (SSSR count). The number of halogens is 1. The monoisotopic (exact) mass is 448 g/mol. The molecule has 166 valence electrons.